The summed E-state index contributed by atoms with van der Waals surface area (Å²) in [7, 11) is 0. The van der Waals surface area contributed by atoms with Gasteiger partial charge in [-0.05, 0) is 36.6 Å². The van der Waals surface area contributed by atoms with Crippen molar-refractivity contribution in [2.45, 2.75) is 43.4 Å². The van der Waals surface area contributed by atoms with Gasteiger partial charge < -0.3 is 11.1 Å². The number of anilines is 1. The molecule has 140 valence electrons. The Morgan fingerprint density at radius 3 is 2.56 bits per heavy atom. The van der Waals surface area contributed by atoms with Crippen LogP contribution in [-0.4, -0.2) is 22.0 Å². The summed E-state index contributed by atoms with van der Waals surface area (Å²) in [4.78, 5) is 28.8. The average molecular weight is 382 g/mol. The number of carbonyl (C=O) groups excluding carboxylic acids is 2. The Kier molecular flexibility index (Phi) is 6.97. The number of nitrogens with one attached hydrogen (secondary N) is 1. The summed E-state index contributed by atoms with van der Waals surface area (Å²) in [6, 6.07) is 12.3. The molecular formula is C20H22N4O2S. The van der Waals surface area contributed by atoms with E-state index in [1.54, 1.807) is 30.3 Å². The van der Waals surface area contributed by atoms with Gasteiger partial charge in [-0.2, -0.15) is 5.26 Å². The highest BCUT2D eigenvalue weighted by atomic mass is 32.2. The predicted molar refractivity (Wildman–Crippen MR) is 107 cm³/mol. The Morgan fingerprint density at radius 1 is 1.26 bits per heavy atom. The third kappa shape index (κ3) is 5.08. The minimum absolute atomic E-state index is 0.216. The summed E-state index contributed by atoms with van der Waals surface area (Å²) in [6.45, 7) is 5.93. The van der Waals surface area contributed by atoms with E-state index >= 15 is 0 Å². The number of benzene rings is 1. The molecule has 3 N–H and O–H groups in total. The highest BCUT2D eigenvalue weighted by Crippen LogP contribution is 2.29. The number of nitrogens with two attached hydrogens (primary N) is 1. The summed E-state index contributed by atoms with van der Waals surface area (Å²) >= 11 is 1.25. The van der Waals surface area contributed by atoms with E-state index in [0.29, 0.717) is 22.7 Å². The van der Waals surface area contributed by atoms with Crippen LogP contribution in [0.25, 0.3) is 0 Å². The number of para-hydroxylation sites is 1. The molecular weight excluding hydrogens is 360 g/mol. The van der Waals surface area contributed by atoms with Gasteiger partial charge >= 0.3 is 0 Å². The molecule has 0 aliphatic heterocycles. The molecule has 0 bridgehead atoms. The van der Waals surface area contributed by atoms with Crippen LogP contribution < -0.4 is 11.1 Å². The molecule has 0 fully saturated rings. The summed E-state index contributed by atoms with van der Waals surface area (Å²) < 4.78 is 0. The van der Waals surface area contributed by atoms with Gasteiger partial charge in [-0.15, -0.1) is 0 Å². The minimum atomic E-state index is -0.607. The van der Waals surface area contributed by atoms with Crippen molar-refractivity contribution in [2.24, 2.45) is 5.73 Å². The number of hydrogen-bond acceptors (Lipinski definition) is 5. The molecule has 0 aliphatic rings. The number of hydrogen-bond donors (Lipinski definition) is 2. The van der Waals surface area contributed by atoms with E-state index in [1.807, 2.05) is 26.8 Å². The lowest BCUT2D eigenvalue weighted by molar-refractivity contribution is -0.115. The second-order valence-corrected chi connectivity index (χ2v) is 7.46. The zero-order chi connectivity index (χ0) is 20.0. The summed E-state index contributed by atoms with van der Waals surface area (Å²) in [6.07, 6.45) is 0.535. The number of carbonyl (C=O) groups is 2. The first-order valence-corrected chi connectivity index (χ1v) is 9.52. The first kappa shape index (κ1) is 20.5. The van der Waals surface area contributed by atoms with Gasteiger partial charge in [0.25, 0.3) is 5.91 Å². The number of rotatable bonds is 7. The minimum Gasteiger partial charge on any atom is -0.366 e. The van der Waals surface area contributed by atoms with Gasteiger partial charge in [-0.3, -0.25) is 9.59 Å². The van der Waals surface area contributed by atoms with Crippen LogP contribution in [0.3, 0.4) is 0 Å². The lowest BCUT2D eigenvalue weighted by Gasteiger charge is -2.17. The van der Waals surface area contributed by atoms with E-state index in [1.165, 1.54) is 11.8 Å². The molecule has 2 rings (SSSR count). The lowest BCUT2D eigenvalue weighted by atomic mass is 10.1. The van der Waals surface area contributed by atoms with E-state index in [0.717, 1.165) is 5.69 Å². The van der Waals surface area contributed by atoms with E-state index in [4.69, 9.17) is 5.73 Å². The Morgan fingerprint density at radius 2 is 1.96 bits per heavy atom. The topological polar surface area (TPSA) is 109 Å². The zero-order valence-electron chi connectivity index (χ0n) is 15.5. The number of thioether (sulfide) groups is 1. The molecule has 1 aromatic carbocycles. The van der Waals surface area contributed by atoms with E-state index in [-0.39, 0.29) is 17.4 Å². The van der Waals surface area contributed by atoms with Crippen molar-refractivity contribution in [2.75, 3.05) is 5.32 Å². The van der Waals surface area contributed by atoms with Crippen molar-refractivity contribution >= 4 is 29.3 Å². The van der Waals surface area contributed by atoms with E-state index < -0.39 is 11.2 Å². The standard InChI is InChI=1S/C20H22N4O2S/c1-4-17(19(26)23-16-8-6-5-7-14(16)18(22)25)27-20-13(11-21)9-10-15(24-20)12(2)3/h5-10,12,17H,4H2,1-3H3,(H2,22,25)(H,23,26). The van der Waals surface area contributed by atoms with Gasteiger partial charge in [-0.1, -0.05) is 44.7 Å². The quantitative estimate of drug-likeness (QED) is 0.710. The maximum absolute atomic E-state index is 12.7. The molecule has 0 spiro atoms. The van der Waals surface area contributed by atoms with Gasteiger partial charge in [-0.25, -0.2) is 4.98 Å². The molecule has 0 aliphatic carbocycles. The van der Waals surface area contributed by atoms with Gasteiger partial charge in [0.05, 0.1) is 22.1 Å². The molecule has 0 radical (unpaired) electrons. The fourth-order valence-electron chi connectivity index (χ4n) is 2.43. The SMILES string of the molecule is CCC(Sc1nc(C(C)C)ccc1C#N)C(=O)Nc1ccccc1C(N)=O. The molecule has 7 heteroatoms. The molecule has 1 heterocycles. The molecule has 2 aromatic rings. The van der Waals surface area contributed by atoms with Crippen LogP contribution in [0.15, 0.2) is 41.4 Å². The third-order valence-corrected chi connectivity index (χ3v) is 5.33. The van der Waals surface area contributed by atoms with Crippen LogP contribution in [0.2, 0.25) is 0 Å². The summed E-state index contributed by atoms with van der Waals surface area (Å²) in [5.74, 6) is -0.657. The number of nitrogens with zero attached hydrogens (tertiary/aromatic N) is 2. The summed E-state index contributed by atoms with van der Waals surface area (Å²) in [5.41, 5.74) is 7.30. The first-order valence-electron chi connectivity index (χ1n) is 8.64. The molecule has 1 atom stereocenters. The Hall–Kier alpha value is -2.85. The Bertz CT molecular complexity index is 890. The number of pyridine rings is 1. The average Bonchev–Trinajstić information content (AvgIpc) is 2.65. The molecule has 2 amide bonds. The van der Waals surface area contributed by atoms with E-state index in [2.05, 4.69) is 16.4 Å². The number of amides is 2. The monoisotopic (exact) mass is 382 g/mol. The third-order valence-electron chi connectivity index (χ3n) is 3.96. The second-order valence-electron chi connectivity index (χ2n) is 6.27. The smallest absolute Gasteiger partial charge is 0.250 e. The van der Waals surface area contributed by atoms with Crippen molar-refractivity contribution in [3.8, 4) is 6.07 Å². The largest absolute Gasteiger partial charge is 0.366 e. The van der Waals surface area contributed by atoms with Crippen LogP contribution in [-0.2, 0) is 4.79 Å². The second kappa shape index (κ2) is 9.19. The van der Waals surface area contributed by atoms with Gasteiger partial charge in [0.2, 0.25) is 5.91 Å². The molecule has 27 heavy (non-hydrogen) atoms. The summed E-state index contributed by atoms with van der Waals surface area (Å²) in [5, 5.41) is 12.2. The van der Waals surface area contributed by atoms with E-state index in [9.17, 15) is 14.9 Å². The molecule has 0 saturated heterocycles. The van der Waals surface area contributed by atoms with Crippen LogP contribution in [0.1, 0.15) is 54.7 Å². The highest BCUT2D eigenvalue weighted by molar-refractivity contribution is 8.00. The zero-order valence-corrected chi connectivity index (χ0v) is 16.3. The van der Waals surface area contributed by atoms with Crippen LogP contribution in [0.4, 0.5) is 5.69 Å². The highest BCUT2D eigenvalue weighted by Gasteiger charge is 2.22. The molecule has 0 saturated carbocycles. The molecule has 1 aromatic heterocycles. The fraction of sp³-hybridized carbons (Fsp3) is 0.300. The number of nitriles is 1. The van der Waals surface area contributed by atoms with Crippen molar-refractivity contribution < 1.29 is 9.59 Å². The number of primary amides is 1. The maximum atomic E-state index is 12.7. The van der Waals surface area contributed by atoms with Gasteiger partial charge in [0.1, 0.15) is 11.1 Å². The van der Waals surface area contributed by atoms with Crippen molar-refractivity contribution in [1.82, 2.24) is 4.98 Å². The van der Waals surface area contributed by atoms with Crippen LogP contribution in [0, 0.1) is 11.3 Å². The van der Waals surface area contributed by atoms with Crippen molar-refractivity contribution in [1.29, 1.82) is 5.26 Å². The van der Waals surface area contributed by atoms with Crippen molar-refractivity contribution in [3.05, 3.63) is 53.2 Å². The van der Waals surface area contributed by atoms with Gasteiger partial charge in [0, 0.05) is 5.69 Å². The maximum Gasteiger partial charge on any atom is 0.250 e. The Labute approximate surface area is 163 Å². The number of aromatic nitrogens is 1. The fourth-order valence-corrected chi connectivity index (χ4v) is 3.43. The van der Waals surface area contributed by atoms with Crippen LogP contribution in [0.5, 0.6) is 0 Å². The molecule has 6 nitrogen and oxygen atoms in total. The normalized spacial score (nSPS) is 11.7. The Balaban J connectivity index is 2.25. The van der Waals surface area contributed by atoms with Crippen LogP contribution >= 0.6 is 11.8 Å². The van der Waals surface area contributed by atoms with Crippen molar-refractivity contribution in [3.63, 3.8) is 0 Å². The van der Waals surface area contributed by atoms with Gasteiger partial charge in [0.15, 0.2) is 0 Å². The predicted octanol–water partition coefficient (Wildman–Crippen LogP) is 3.68. The molecule has 1 unspecified atom stereocenters. The first-order chi connectivity index (χ1) is 12.9. The lowest BCUT2D eigenvalue weighted by Crippen LogP contribution is -2.26.